The summed E-state index contributed by atoms with van der Waals surface area (Å²) in [6.45, 7) is 0. The monoisotopic (exact) mass is 204 g/mol. The molecule has 0 rings (SSSR count). The predicted octanol–water partition coefficient (Wildman–Crippen LogP) is 0.772. The molecule has 0 unspecified atom stereocenters. The molecule has 50 valence electrons. The molecule has 0 aromatic carbocycles. The van der Waals surface area contributed by atoms with Crippen molar-refractivity contribution < 1.29 is 13.6 Å². The molecular weight excluding hydrogens is 194 g/mol. The first-order chi connectivity index (χ1) is 3.68. The van der Waals surface area contributed by atoms with Crippen LogP contribution < -0.4 is 0 Å². The Morgan fingerprint density at radius 2 is 1.25 bits per heavy atom. The van der Waals surface area contributed by atoms with Gasteiger partial charge in [0.25, 0.3) is 0 Å². The second kappa shape index (κ2) is 3.78. The molecule has 0 heterocycles. The van der Waals surface area contributed by atoms with E-state index in [0.717, 1.165) is 0 Å². The molecule has 0 atom stereocenters. The normalized spacial score (nSPS) is 11.9. The average Bonchev–Trinajstić information content (AvgIpc) is 1.87. The molecular formula is C3H9O3PSe. The van der Waals surface area contributed by atoms with Crippen LogP contribution in [0.3, 0.4) is 0 Å². The van der Waals surface area contributed by atoms with Crippen LogP contribution in [0, 0.1) is 0 Å². The van der Waals surface area contributed by atoms with Crippen LogP contribution in [0.2, 0.25) is 0 Å². The zero-order chi connectivity index (χ0) is 6.62. The summed E-state index contributed by atoms with van der Waals surface area (Å²) < 4.78 is 14.5. The number of hydrogen-bond donors (Lipinski definition) is 0. The fourth-order valence-electron chi connectivity index (χ4n) is 0.224. The fraction of sp³-hybridized carbons (Fsp3) is 1.00. The summed E-state index contributed by atoms with van der Waals surface area (Å²) in [5.74, 6) is 0. The molecule has 0 amide bonds. The molecule has 0 aromatic heterocycles. The van der Waals surface area contributed by atoms with E-state index in [-0.39, 0.29) is 0 Å². The van der Waals surface area contributed by atoms with Crippen LogP contribution in [-0.4, -0.2) is 36.4 Å². The first-order valence-electron chi connectivity index (χ1n) is 1.96. The van der Waals surface area contributed by atoms with Crippen LogP contribution in [0.4, 0.5) is 0 Å². The Bertz CT molecular complexity index is 85.7. The Morgan fingerprint density at radius 3 is 1.25 bits per heavy atom. The van der Waals surface area contributed by atoms with Crippen LogP contribution in [0.15, 0.2) is 0 Å². The second-order valence-corrected chi connectivity index (χ2v) is 5.80. The first-order valence-corrected chi connectivity index (χ1v) is 5.71. The second-order valence-electron chi connectivity index (χ2n) is 0.995. The van der Waals surface area contributed by atoms with E-state index in [1.807, 2.05) is 0 Å². The van der Waals surface area contributed by atoms with Gasteiger partial charge in [-0.25, -0.2) is 0 Å². The van der Waals surface area contributed by atoms with Gasteiger partial charge in [-0.05, 0) is 0 Å². The average molecular weight is 203 g/mol. The van der Waals surface area contributed by atoms with Gasteiger partial charge in [0, 0.05) is 0 Å². The summed E-state index contributed by atoms with van der Waals surface area (Å²) in [7, 11) is 4.62. The van der Waals surface area contributed by atoms with E-state index in [1.165, 1.54) is 21.3 Å². The molecule has 0 saturated carbocycles. The van der Waals surface area contributed by atoms with Gasteiger partial charge in [0.15, 0.2) is 0 Å². The van der Waals surface area contributed by atoms with Crippen molar-refractivity contribution >= 4 is 21.3 Å². The fourth-order valence-corrected chi connectivity index (χ4v) is 0.671. The Morgan fingerprint density at radius 1 is 1.00 bits per heavy atom. The first kappa shape index (κ1) is 8.83. The van der Waals surface area contributed by atoms with Crippen LogP contribution in [0.25, 0.3) is 0 Å². The molecule has 8 heavy (non-hydrogen) atoms. The summed E-state index contributed by atoms with van der Waals surface area (Å²) in [4.78, 5) is 0. The maximum atomic E-state index is 4.85. The SMILES string of the molecule is COP(=[Se])(OC)OC. The van der Waals surface area contributed by atoms with Crippen molar-refractivity contribution in [2.75, 3.05) is 21.3 Å². The Hall–Kier alpha value is 0.829. The quantitative estimate of drug-likeness (QED) is 0.500. The molecule has 0 aliphatic rings. The third-order valence-electron chi connectivity index (χ3n) is 0.671. The van der Waals surface area contributed by atoms with E-state index in [0.29, 0.717) is 0 Å². The maximum absolute atomic E-state index is 4.85. The molecule has 0 fully saturated rings. The van der Waals surface area contributed by atoms with Gasteiger partial charge in [-0.15, -0.1) is 0 Å². The standard InChI is InChI=1S/C3H9O3PSe/c1-4-7(8,5-2)6-3/h1-3H3. The van der Waals surface area contributed by atoms with Crippen molar-refractivity contribution in [3.8, 4) is 0 Å². The predicted molar refractivity (Wildman–Crippen MR) is 33.7 cm³/mol. The van der Waals surface area contributed by atoms with Crippen LogP contribution >= 0.6 is 6.19 Å². The number of rotatable bonds is 3. The molecule has 5 heteroatoms. The zero-order valence-corrected chi connectivity index (χ0v) is 7.69. The van der Waals surface area contributed by atoms with Crippen LogP contribution in [0.1, 0.15) is 0 Å². The summed E-state index contributed by atoms with van der Waals surface area (Å²) in [5, 5.41) is 0. The van der Waals surface area contributed by atoms with E-state index in [4.69, 9.17) is 13.6 Å². The van der Waals surface area contributed by atoms with Crippen molar-refractivity contribution in [3.05, 3.63) is 0 Å². The van der Waals surface area contributed by atoms with E-state index in [1.54, 1.807) is 0 Å². The summed E-state index contributed by atoms with van der Waals surface area (Å²) in [5.41, 5.74) is 0. The van der Waals surface area contributed by atoms with Crippen molar-refractivity contribution in [1.82, 2.24) is 0 Å². The molecule has 0 aromatic rings. The van der Waals surface area contributed by atoms with Crippen molar-refractivity contribution in [3.63, 3.8) is 0 Å². The Labute approximate surface area is 56.8 Å². The topological polar surface area (TPSA) is 27.7 Å². The minimum atomic E-state index is -2.04. The molecule has 0 bridgehead atoms. The summed E-state index contributed by atoms with van der Waals surface area (Å²) >= 11 is 2.68. The zero-order valence-electron chi connectivity index (χ0n) is 5.08. The van der Waals surface area contributed by atoms with Crippen molar-refractivity contribution in [2.45, 2.75) is 0 Å². The van der Waals surface area contributed by atoms with Gasteiger partial charge in [-0.2, -0.15) is 0 Å². The van der Waals surface area contributed by atoms with Gasteiger partial charge in [0.2, 0.25) is 0 Å². The van der Waals surface area contributed by atoms with Gasteiger partial charge in [-0.3, -0.25) is 0 Å². The van der Waals surface area contributed by atoms with Gasteiger partial charge in [-0.1, -0.05) is 0 Å². The Kier molecular flexibility index (Phi) is 4.17. The third-order valence-corrected chi connectivity index (χ3v) is 4.83. The molecule has 0 saturated heterocycles. The molecule has 0 spiro atoms. The van der Waals surface area contributed by atoms with Crippen LogP contribution in [-0.2, 0) is 13.6 Å². The third kappa shape index (κ3) is 2.40. The van der Waals surface area contributed by atoms with Crippen molar-refractivity contribution in [2.24, 2.45) is 0 Å². The Balaban J connectivity index is 3.79. The van der Waals surface area contributed by atoms with Gasteiger partial charge in [0.1, 0.15) is 0 Å². The van der Waals surface area contributed by atoms with Gasteiger partial charge in [0.05, 0.1) is 0 Å². The molecule has 0 N–H and O–H groups in total. The van der Waals surface area contributed by atoms with E-state index in [2.05, 4.69) is 15.1 Å². The van der Waals surface area contributed by atoms with E-state index in [9.17, 15) is 0 Å². The summed E-state index contributed by atoms with van der Waals surface area (Å²) in [6, 6.07) is 0. The molecule has 0 aliphatic heterocycles. The minimum absolute atomic E-state index is 1.54. The van der Waals surface area contributed by atoms with Crippen molar-refractivity contribution in [1.29, 1.82) is 0 Å². The van der Waals surface area contributed by atoms with E-state index < -0.39 is 6.19 Å². The van der Waals surface area contributed by atoms with Gasteiger partial charge < -0.3 is 0 Å². The van der Waals surface area contributed by atoms with Crippen LogP contribution in [0.5, 0.6) is 0 Å². The summed E-state index contributed by atoms with van der Waals surface area (Å²) in [6.07, 6.45) is -2.04. The van der Waals surface area contributed by atoms with E-state index >= 15 is 0 Å². The number of hydrogen-bond acceptors (Lipinski definition) is 3. The molecule has 3 nitrogen and oxygen atoms in total. The molecule has 0 aliphatic carbocycles. The van der Waals surface area contributed by atoms with Gasteiger partial charge >= 0.3 is 56.2 Å². The molecule has 0 radical (unpaired) electrons.